The van der Waals surface area contributed by atoms with Crippen LogP contribution < -0.4 is 5.32 Å². The fourth-order valence-corrected chi connectivity index (χ4v) is 7.30. The SMILES string of the molecule is Cc1c([C@@H]2C[C@H]3CC[C@@H](C2)N3)sc2[nH]c(-c3cc(C)c4ncnn4c3)c(C(C)C)c12. The third kappa shape index (κ3) is 2.70. The van der Waals surface area contributed by atoms with Crippen molar-refractivity contribution in [3.05, 3.63) is 40.2 Å². The molecule has 2 N–H and O–H groups in total. The molecule has 2 bridgehead atoms. The van der Waals surface area contributed by atoms with Gasteiger partial charge in [-0.15, -0.1) is 11.3 Å². The van der Waals surface area contributed by atoms with Crippen LogP contribution >= 0.6 is 11.3 Å². The van der Waals surface area contributed by atoms with E-state index in [1.807, 2.05) is 15.9 Å². The summed E-state index contributed by atoms with van der Waals surface area (Å²) in [6.45, 7) is 9.10. The van der Waals surface area contributed by atoms with E-state index in [2.05, 4.69) is 60.3 Å². The molecule has 4 aromatic heterocycles. The van der Waals surface area contributed by atoms with Gasteiger partial charge in [-0.3, -0.25) is 0 Å². The second-order valence-corrected chi connectivity index (χ2v) is 10.7. The number of rotatable bonds is 3. The molecule has 156 valence electrons. The van der Waals surface area contributed by atoms with Crippen molar-refractivity contribution < 1.29 is 0 Å². The van der Waals surface area contributed by atoms with Crippen molar-refractivity contribution in [2.45, 2.75) is 77.3 Å². The average molecular weight is 420 g/mol. The van der Waals surface area contributed by atoms with Crippen LogP contribution in [0.2, 0.25) is 0 Å². The van der Waals surface area contributed by atoms with Gasteiger partial charge in [-0.05, 0) is 74.1 Å². The van der Waals surface area contributed by atoms with Gasteiger partial charge >= 0.3 is 0 Å². The number of thiophene rings is 1. The average Bonchev–Trinajstić information content (AvgIpc) is 3.46. The lowest BCUT2D eigenvalue weighted by atomic mass is 9.88. The lowest BCUT2D eigenvalue weighted by molar-refractivity contribution is 0.366. The van der Waals surface area contributed by atoms with E-state index in [4.69, 9.17) is 0 Å². The van der Waals surface area contributed by atoms with Gasteiger partial charge < -0.3 is 10.3 Å². The van der Waals surface area contributed by atoms with Crippen LogP contribution in [0.3, 0.4) is 0 Å². The molecular weight excluding hydrogens is 390 g/mol. The second-order valence-electron chi connectivity index (χ2n) is 9.61. The zero-order valence-electron chi connectivity index (χ0n) is 18.1. The number of hydrogen-bond donors (Lipinski definition) is 2. The third-order valence-corrected chi connectivity index (χ3v) is 8.60. The van der Waals surface area contributed by atoms with Gasteiger partial charge in [0.2, 0.25) is 0 Å². The normalized spacial score (nSPS) is 24.0. The molecule has 6 heteroatoms. The molecular formula is C24H29N5S. The highest BCUT2D eigenvalue weighted by atomic mass is 32.1. The standard InChI is InChI=1S/C24H29N5S/c1-12(2)19-20-14(4)22(15-8-17-5-6-18(9-15)27-17)30-24(20)28-21(19)16-7-13(3)23-25-11-26-29(23)10-16/h7,10-12,15,17-18,27-28H,5-6,8-9H2,1-4H3/t15-,17-,18+. The molecule has 0 radical (unpaired) electrons. The number of aryl methyl sites for hydroxylation is 2. The minimum atomic E-state index is 0.450. The number of nitrogens with one attached hydrogen (secondary N) is 2. The number of fused-ring (bicyclic) bond motifs is 4. The minimum absolute atomic E-state index is 0.450. The summed E-state index contributed by atoms with van der Waals surface area (Å²) in [7, 11) is 0. The quantitative estimate of drug-likeness (QED) is 0.449. The topological polar surface area (TPSA) is 58.0 Å². The van der Waals surface area contributed by atoms with E-state index in [1.54, 1.807) is 11.2 Å². The molecule has 0 saturated carbocycles. The Bertz CT molecular complexity index is 1250. The van der Waals surface area contributed by atoms with Crippen LogP contribution in [0.5, 0.6) is 0 Å². The molecule has 0 aromatic carbocycles. The van der Waals surface area contributed by atoms with Crippen LogP contribution in [-0.2, 0) is 0 Å². The lowest BCUT2D eigenvalue weighted by Gasteiger charge is -2.29. The summed E-state index contributed by atoms with van der Waals surface area (Å²) in [4.78, 5) is 11.2. The predicted octanol–water partition coefficient (Wildman–Crippen LogP) is 5.68. The first-order valence-electron chi connectivity index (χ1n) is 11.2. The molecule has 2 aliphatic rings. The largest absolute Gasteiger partial charge is 0.346 e. The zero-order chi connectivity index (χ0) is 20.6. The predicted molar refractivity (Wildman–Crippen MR) is 124 cm³/mol. The Kier molecular flexibility index (Phi) is 4.12. The molecule has 6 heterocycles. The van der Waals surface area contributed by atoms with Crippen molar-refractivity contribution in [3.63, 3.8) is 0 Å². The van der Waals surface area contributed by atoms with Gasteiger partial charge in [-0.25, -0.2) is 9.50 Å². The Hall–Kier alpha value is -2.18. The summed E-state index contributed by atoms with van der Waals surface area (Å²) in [6, 6.07) is 3.70. The smallest absolute Gasteiger partial charge is 0.158 e. The van der Waals surface area contributed by atoms with Gasteiger partial charge in [0.05, 0.1) is 5.69 Å². The maximum Gasteiger partial charge on any atom is 0.158 e. The number of piperidine rings is 1. The fourth-order valence-electron chi connectivity index (χ4n) is 5.95. The summed E-state index contributed by atoms with van der Waals surface area (Å²) >= 11 is 2.00. The fraction of sp³-hybridized carbons (Fsp3) is 0.500. The van der Waals surface area contributed by atoms with Crippen LogP contribution in [-0.4, -0.2) is 31.7 Å². The van der Waals surface area contributed by atoms with Gasteiger partial charge in [-0.1, -0.05) is 13.8 Å². The van der Waals surface area contributed by atoms with Crippen LogP contribution in [0.1, 0.15) is 72.9 Å². The van der Waals surface area contributed by atoms with Gasteiger partial charge in [0.15, 0.2) is 5.65 Å². The first-order valence-corrected chi connectivity index (χ1v) is 12.0. The number of nitrogens with zero attached hydrogens (tertiary/aromatic N) is 3. The highest BCUT2D eigenvalue weighted by Gasteiger charge is 2.36. The van der Waals surface area contributed by atoms with Crippen LogP contribution in [0.15, 0.2) is 18.6 Å². The molecule has 0 spiro atoms. The Labute approximate surface area is 180 Å². The van der Waals surface area contributed by atoms with Crippen LogP contribution in [0.25, 0.3) is 27.1 Å². The van der Waals surface area contributed by atoms with Crippen molar-refractivity contribution >= 4 is 27.2 Å². The van der Waals surface area contributed by atoms with E-state index in [9.17, 15) is 0 Å². The van der Waals surface area contributed by atoms with Crippen LogP contribution in [0.4, 0.5) is 0 Å². The van der Waals surface area contributed by atoms with Gasteiger partial charge in [0, 0.05) is 34.1 Å². The first kappa shape index (κ1) is 18.6. The second kappa shape index (κ2) is 6.66. The molecule has 2 aliphatic heterocycles. The number of aromatic nitrogens is 4. The minimum Gasteiger partial charge on any atom is -0.346 e. The lowest BCUT2D eigenvalue weighted by Crippen LogP contribution is -2.37. The summed E-state index contributed by atoms with van der Waals surface area (Å²) in [5.41, 5.74) is 7.47. The Morgan fingerprint density at radius 2 is 1.93 bits per heavy atom. The van der Waals surface area contributed by atoms with Crippen molar-refractivity contribution in [1.82, 2.24) is 24.9 Å². The van der Waals surface area contributed by atoms with E-state index in [-0.39, 0.29) is 0 Å². The van der Waals surface area contributed by atoms with Gasteiger partial charge in [0.25, 0.3) is 0 Å². The number of hydrogen-bond acceptors (Lipinski definition) is 4. The Morgan fingerprint density at radius 3 is 2.67 bits per heavy atom. The van der Waals surface area contributed by atoms with Gasteiger partial charge in [0.1, 0.15) is 11.2 Å². The van der Waals surface area contributed by atoms with E-state index >= 15 is 0 Å². The maximum absolute atomic E-state index is 4.38. The van der Waals surface area contributed by atoms with Crippen molar-refractivity contribution in [3.8, 4) is 11.3 Å². The summed E-state index contributed by atoms with van der Waals surface area (Å²) in [5.74, 6) is 1.16. The molecule has 5 nitrogen and oxygen atoms in total. The summed E-state index contributed by atoms with van der Waals surface area (Å²) in [6.07, 6.45) is 9.05. The first-order chi connectivity index (χ1) is 14.5. The molecule has 30 heavy (non-hydrogen) atoms. The van der Waals surface area contributed by atoms with Crippen molar-refractivity contribution in [2.75, 3.05) is 0 Å². The molecule has 0 aliphatic carbocycles. The number of pyridine rings is 1. The number of aromatic amines is 1. The van der Waals surface area contributed by atoms with E-state index in [0.717, 1.165) is 23.3 Å². The Balaban J connectivity index is 1.50. The molecule has 4 aromatic rings. The Morgan fingerprint density at radius 1 is 1.17 bits per heavy atom. The monoisotopic (exact) mass is 419 g/mol. The summed E-state index contributed by atoms with van der Waals surface area (Å²) in [5, 5.41) is 9.64. The molecule has 0 unspecified atom stereocenters. The van der Waals surface area contributed by atoms with Gasteiger partial charge in [-0.2, -0.15) is 5.10 Å². The highest BCUT2D eigenvalue weighted by Crippen LogP contribution is 2.47. The maximum atomic E-state index is 4.38. The third-order valence-electron chi connectivity index (χ3n) is 7.23. The molecule has 3 atom stereocenters. The zero-order valence-corrected chi connectivity index (χ0v) is 18.9. The van der Waals surface area contributed by atoms with Crippen molar-refractivity contribution in [1.29, 1.82) is 0 Å². The highest BCUT2D eigenvalue weighted by molar-refractivity contribution is 7.19. The van der Waals surface area contributed by atoms with Crippen LogP contribution in [0, 0.1) is 13.8 Å². The van der Waals surface area contributed by atoms with E-state index in [0.29, 0.717) is 11.8 Å². The van der Waals surface area contributed by atoms with E-state index in [1.165, 1.54) is 58.3 Å². The van der Waals surface area contributed by atoms with Crippen molar-refractivity contribution in [2.24, 2.45) is 0 Å². The van der Waals surface area contributed by atoms with E-state index < -0.39 is 0 Å². The summed E-state index contributed by atoms with van der Waals surface area (Å²) < 4.78 is 1.90. The number of H-pyrrole nitrogens is 1. The molecule has 2 saturated heterocycles. The molecule has 6 rings (SSSR count). The molecule has 0 amide bonds. The molecule has 2 fully saturated rings.